The van der Waals surface area contributed by atoms with Crippen LogP contribution in [-0.4, -0.2) is 73.4 Å². The highest BCUT2D eigenvalue weighted by molar-refractivity contribution is 5.65. The minimum absolute atomic E-state index is 0.0928. The van der Waals surface area contributed by atoms with E-state index in [0.29, 0.717) is 16.4 Å². The van der Waals surface area contributed by atoms with Crippen LogP contribution in [0.2, 0.25) is 0 Å². The Balaban J connectivity index is 3.07. The number of aliphatic hydroxyl groups is 3. The molecular weight excluding hydrogens is 280 g/mol. The number of hydrogen-bond donors (Lipinski definition) is 5. The Kier molecular flexibility index (Phi) is 6.41. The Hall–Kier alpha value is -1.35. The summed E-state index contributed by atoms with van der Waals surface area (Å²) in [5.41, 5.74) is -0.783. The van der Waals surface area contributed by atoms with E-state index in [1.165, 1.54) is 7.11 Å². The van der Waals surface area contributed by atoms with Gasteiger partial charge in [0.25, 0.3) is 0 Å². The predicted octanol–water partition coefficient (Wildman–Crippen LogP) is -4.42. The van der Waals surface area contributed by atoms with Crippen molar-refractivity contribution in [3.05, 3.63) is 11.5 Å². The molecule has 5 N–H and O–H groups in total. The third-order valence-corrected chi connectivity index (χ3v) is 3.69. The van der Waals surface area contributed by atoms with Gasteiger partial charge >= 0.3 is 0 Å². The van der Waals surface area contributed by atoms with Gasteiger partial charge in [0, 0.05) is 19.4 Å². The van der Waals surface area contributed by atoms with Gasteiger partial charge in [0.05, 0.1) is 44.6 Å². The normalized spacial score (nSPS) is 27.4. The molecule has 8 heteroatoms. The second kappa shape index (κ2) is 7.60. The fraction of sp³-hybridized carbons (Fsp3) is 0.769. The first kappa shape index (κ1) is 17.7. The maximum Gasteiger partial charge on any atom is 0.172 e. The molecule has 0 aliphatic heterocycles. The molecule has 8 nitrogen and oxygen atoms in total. The summed E-state index contributed by atoms with van der Waals surface area (Å²) < 4.78 is 5.36. The molecule has 0 amide bonds. The van der Waals surface area contributed by atoms with Crippen LogP contribution in [0.3, 0.4) is 0 Å². The lowest BCUT2D eigenvalue weighted by Crippen LogP contribution is -3.15. The molecule has 1 rings (SSSR count). The van der Waals surface area contributed by atoms with E-state index < -0.39 is 24.2 Å². The molecular formula is C13H24N2O6. The number of methoxy groups -OCH3 is 1. The summed E-state index contributed by atoms with van der Waals surface area (Å²) in [7, 11) is 3.13. The van der Waals surface area contributed by atoms with Gasteiger partial charge in [-0.15, -0.1) is 0 Å². The molecule has 0 spiro atoms. The van der Waals surface area contributed by atoms with E-state index in [2.05, 4.69) is 5.32 Å². The fourth-order valence-electron chi connectivity index (χ4n) is 2.66. The minimum atomic E-state index is -1.35. The summed E-state index contributed by atoms with van der Waals surface area (Å²) in [4.78, 5) is 11.4. The number of carbonyl (C=O) groups excluding carboxylic acids is 1. The zero-order chi connectivity index (χ0) is 16.0. The number of carboxylic acids is 1. The highest BCUT2D eigenvalue weighted by Crippen LogP contribution is 2.30. The molecule has 3 atom stereocenters. The molecule has 0 aromatic heterocycles. The smallest absolute Gasteiger partial charge is 0.172 e. The van der Waals surface area contributed by atoms with Crippen molar-refractivity contribution in [1.29, 1.82) is 0 Å². The molecule has 1 aliphatic carbocycles. The molecule has 0 aromatic rings. The average molecular weight is 304 g/mol. The lowest BCUT2D eigenvalue weighted by Gasteiger charge is -2.39. The third-order valence-electron chi connectivity index (χ3n) is 3.69. The highest BCUT2D eigenvalue weighted by atomic mass is 16.5. The molecule has 3 unspecified atom stereocenters. The first-order valence-corrected chi connectivity index (χ1v) is 6.84. The van der Waals surface area contributed by atoms with Crippen LogP contribution in [-0.2, 0) is 9.53 Å². The van der Waals surface area contributed by atoms with Crippen LogP contribution in [0.1, 0.15) is 12.8 Å². The fourth-order valence-corrected chi connectivity index (χ4v) is 2.66. The lowest BCUT2D eigenvalue weighted by molar-refractivity contribution is -0.897. The zero-order valence-electron chi connectivity index (χ0n) is 12.4. The molecule has 21 heavy (non-hydrogen) atoms. The quantitative estimate of drug-likeness (QED) is 0.306. The predicted molar refractivity (Wildman–Crippen MR) is 70.9 cm³/mol. The number of aliphatic carboxylic acids is 1. The number of ether oxygens (including phenoxy) is 1. The van der Waals surface area contributed by atoms with Gasteiger partial charge in [0.2, 0.25) is 0 Å². The third kappa shape index (κ3) is 4.57. The molecule has 122 valence electrons. The van der Waals surface area contributed by atoms with Gasteiger partial charge in [-0.1, -0.05) is 0 Å². The van der Waals surface area contributed by atoms with E-state index in [0.717, 1.165) is 0 Å². The van der Waals surface area contributed by atoms with E-state index >= 15 is 0 Å². The second-order valence-corrected chi connectivity index (χ2v) is 5.41. The number of carboxylic acid groups (broad SMARTS) is 1. The van der Waals surface area contributed by atoms with Crippen molar-refractivity contribution >= 4 is 5.97 Å². The van der Waals surface area contributed by atoms with Gasteiger partial charge in [-0.25, -0.2) is 0 Å². The van der Waals surface area contributed by atoms with Crippen molar-refractivity contribution in [2.45, 2.75) is 24.5 Å². The number of rotatable bonds is 8. The first-order chi connectivity index (χ1) is 9.86. The number of aliphatic hydroxyl groups excluding tert-OH is 2. The van der Waals surface area contributed by atoms with Crippen molar-refractivity contribution < 1.29 is 34.9 Å². The van der Waals surface area contributed by atoms with E-state index in [1.54, 1.807) is 7.05 Å². The summed E-state index contributed by atoms with van der Waals surface area (Å²) >= 11 is 0. The Morgan fingerprint density at radius 1 is 1.57 bits per heavy atom. The molecule has 0 aromatic carbocycles. The van der Waals surface area contributed by atoms with Crippen LogP contribution < -0.4 is 15.3 Å². The second-order valence-electron chi connectivity index (χ2n) is 5.41. The molecule has 0 fully saturated rings. The summed E-state index contributed by atoms with van der Waals surface area (Å²) in [5, 5.41) is 42.5. The van der Waals surface area contributed by atoms with Crippen molar-refractivity contribution in [2.24, 2.45) is 0 Å². The Morgan fingerprint density at radius 3 is 2.71 bits per heavy atom. The number of carbonyl (C=O) groups is 1. The molecule has 0 bridgehead atoms. The van der Waals surface area contributed by atoms with E-state index in [4.69, 9.17) is 9.84 Å². The van der Waals surface area contributed by atoms with Gasteiger partial charge in [-0.05, 0) is 0 Å². The average Bonchev–Trinajstić information content (AvgIpc) is 2.43. The van der Waals surface area contributed by atoms with Gasteiger partial charge in [0.1, 0.15) is 6.54 Å². The van der Waals surface area contributed by atoms with Crippen LogP contribution >= 0.6 is 0 Å². The Morgan fingerprint density at radius 2 is 2.24 bits per heavy atom. The van der Waals surface area contributed by atoms with Crippen LogP contribution in [0.25, 0.3) is 0 Å². The van der Waals surface area contributed by atoms with Crippen molar-refractivity contribution in [1.82, 2.24) is 5.32 Å². The van der Waals surface area contributed by atoms with Crippen molar-refractivity contribution in [2.75, 3.05) is 40.5 Å². The topological polar surface area (TPSA) is 127 Å². The van der Waals surface area contributed by atoms with Crippen LogP contribution in [0.4, 0.5) is 0 Å². The largest absolute Gasteiger partial charge is 0.544 e. The molecule has 0 saturated carbocycles. The number of nitrogens with one attached hydrogen (secondary N) is 2. The van der Waals surface area contributed by atoms with Crippen molar-refractivity contribution in [3.63, 3.8) is 0 Å². The van der Waals surface area contributed by atoms with E-state index in [1.807, 2.05) is 0 Å². The van der Waals surface area contributed by atoms with Crippen LogP contribution in [0.15, 0.2) is 11.5 Å². The SMILES string of the molecule is COC1=C(NCCO)CC(O)(CO)CC1[NH+](C)CC(=O)[O-]. The summed E-state index contributed by atoms with van der Waals surface area (Å²) in [5.74, 6) is -0.675. The van der Waals surface area contributed by atoms with Gasteiger partial charge in [0.15, 0.2) is 11.8 Å². The summed E-state index contributed by atoms with van der Waals surface area (Å²) in [6, 6.07) is -0.431. The standard InChI is InChI=1S/C13H24N2O6/c1-15(7-11(18)19)10-6-13(20,8-17)5-9(12(10)21-2)14-3-4-16/h10,14,16-17,20H,3-8H2,1-2H3,(H,18,19). The summed E-state index contributed by atoms with van der Waals surface area (Å²) in [6.07, 6.45) is 0.331. The maximum atomic E-state index is 10.8. The van der Waals surface area contributed by atoms with Gasteiger partial charge in [-0.2, -0.15) is 0 Å². The van der Waals surface area contributed by atoms with Crippen molar-refractivity contribution in [3.8, 4) is 0 Å². The van der Waals surface area contributed by atoms with E-state index in [9.17, 15) is 20.1 Å². The molecule has 0 heterocycles. The Bertz CT molecular complexity index is 400. The first-order valence-electron chi connectivity index (χ1n) is 6.84. The zero-order valence-corrected chi connectivity index (χ0v) is 12.4. The molecule has 1 aliphatic rings. The monoisotopic (exact) mass is 304 g/mol. The summed E-state index contributed by atoms with van der Waals surface area (Å²) in [6.45, 7) is -0.504. The van der Waals surface area contributed by atoms with Gasteiger partial charge < -0.3 is 40.2 Å². The van der Waals surface area contributed by atoms with E-state index in [-0.39, 0.29) is 32.5 Å². The minimum Gasteiger partial charge on any atom is -0.544 e. The molecule has 0 radical (unpaired) electrons. The van der Waals surface area contributed by atoms with Crippen LogP contribution in [0.5, 0.6) is 0 Å². The number of hydrogen-bond acceptors (Lipinski definition) is 7. The number of quaternary nitrogens is 1. The van der Waals surface area contributed by atoms with Gasteiger partial charge in [-0.3, -0.25) is 0 Å². The van der Waals surface area contributed by atoms with Crippen LogP contribution in [0, 0.1) is 0 Å². The Labute approximate surface area is 123 Å². The highest BCUT2D eigenvalue weighted by Gasteiger charge is 2.43. The number of likely N-dealkylation sites (N-methyl/N-ethyl adjacent to an activating group) is 1. The molecule has 0 saturated heterocycles. The lowest BCUT2D eigenvalue weighted by atomic mass is 9.83. The maximum absolute atomic E-state index is 10.8.